The van der Waals surface area contributed by atoms with Gasteiger partial charge in [0.05, 0.1) is 16.5 Å². The van der Waals surface area contributed by atoms with Gasteiger partial charge < -0.3 is 5.73 Å². The Morgan fingerprint density at radius 1 is 0.964 bits per heavy atom. The summed E-state index contributed by atoms with van der Waals surface area (Å²) < 4.78 is 3.60. The molecular formula is C21H16BrN3O3. The molecule has 1 aliphatic heterocycles. The Morgan fingerprint density at radius 2 is 1.75 bits per heavy atom. The second-order valence-corrected chi connectivity index (χ2v) is 7.95. The summed E-state index contributed by atoms with van der Waals surface area (Å²) in [5.74, 6) is -0.0194. The van der Waals surface area contributed by atoms with Gasteiger partial charge in [0.15, 0.2) is 5.78 Å². The molecule has 1 aromatic heterocycles. The molecule has 2 aliphatic rings. The number of carbonyl (C=O) groups is 1. The number of anilines is 1. The van der Waals surface area contributed by atoms with Crippen molar-refractivity contribution in [3.05, 3.63) is 78.8 Å². The molecular weight excluding hydrogens is 422 g/mol. The average molecular weight is 438 g/mol. The molecule has 0 saturated carbocycles. The summed E-state index contributed by atoms with van der Waals surface area (Å²) in [6, 6.07) is 11.7. The predicted molar refractivity (Wildman–Crippen MR) is 111 cm³/mol. The van der Waals surface area contributed by atoms with Crippen LogP contribution < -0.4 is 16.9 Å². The van der Waals surface area contributed by atoms with Crippen LogP contribution in [0.15, 0.2) is 62.1 Å². The third-order valence-electron chi connectivity index (χ3n) is 5.56. The number of allylic oxidation sites excluding steroid dienone is 2. The van der Waals surface area contributed by atoms with Crippen molar-refractivity contribution in [2.45, 2.75) is 25.3 Å². The van der Waals surface area contributed by atoms with Crippen LogP contribution in [0.5, 0.6) is 0 Å². The van der Waals surface area contributed by atoms with E-state index in [1.807, 2.05) is 24.3 Å². The van der Waals surface area contributed by atoms with E-state index >= 15 is 0 Å². The van der Waals surface area contributed by atoms with Gasteiger partial charge in [-0.2, -0.15) is 0 Å². The summed E-state index contributed by atoms with van der Waals surface area (Å²) in [4.78, 5) is 39.7. The molecule has 2 heterocycles. The van der Waals surface area contributed by atoms with Gasteiger partial charge in [0, 0.05) is 22.2 Å². The first-order valence-electron chi connectivity index (χ1n) is 9.07. The number of halogens is 1. The highest BCUT2D eigenvalue weighted by atomic mass is 79.9. The van der Waals surface area contributed by atoms with Gasteiger partial charge in [-0.05, 0) is 36.6 Å². The molecule has 0 radical (unpaired) electrons. The van der Waals surface area contributed by atoms with Crippen molar-refractivity contribution in [2.24, 2.45) is 0 Å². The zero-order valence-corrected chi connectivity index (χ0v) is 16.4. The summed E-state index contributed by atoms with van der Waals surface area (Å²) in [6.07, 6.45) is 1.64. The summed E-state index contributed by atoms with van der Waals surface area (Å²) in [5.41, 5.74) is 7.54. The van der Waals surface area contributed by atoms with E-state index in [4.69, 9.17) is 5.73 Å². The van der Waals surface area contributed by atoms with Gasteiger partial charge in [0.1, 0.15) is 6.04 Å². The number of Topliss-reactive ketones (excluding diaryl/α,β-unsaturated/α-hetero) is 1. The zero-order chi connectivity index (χ0) is 19.6. The third kappa shape index (κ3) is 2.16. The van der Waals surface area contributed by atoms with E-state index in [1.54, 1.807) is 18.2 Å². The second-order valence-electron chi connectivity index (χ2n) is 7.10. The van der Waals surface area contributed by atoms with E-state index in [1.165, 1.54) is 9.36 Å². The fourth-order valence-corrected chi connectivity index (χ4v) is 4.88. The van der Waals surface area contributed by atoms with Crippen LogP contribution in [0.3, 0.4) is 0 Å². The Balaban J connectivity index is 1.98. The molecule has 2 N–H and O–H groups in total. The lowest BCUT2D eigenvalue weighted by Gasteiger charge is -2.20. The second kappa shape index (κ2) is 6.04. The van der Waals surface area contributed by atoms with Crippen LogP contribution in [0.25, 0.3) is 16.5 Å². The number of nitrogen functional groups attached to an aromatic ring is 1. The molecule has 28 heavy (non-hydrogen) atoms. The number of hydrogen-bond acceptors (Lipinski definition) is 4. The predicted octanol–water partition coefficient (Wildman–Crippen LogP) is 3.08. The number of benzene rings is 2. The first-order chi connectivity index (χ1) is 13.5. The molecule has 5 rings (SSSR count). The normalized spacial score (nSPS) is 18.5. The lowest BCUT2D eigenvalue weighted by Crippen LogP contribution is -2.37. The first-order valence-corrected chi connectivity index (χ1v) is 9.87. The van der Waals surface area contributed by atoms with Gasteiger partial charge in [-0.1, -0.05) is 40.2 Å². The molecule has 1 aliphatic carbocycles. The minimum Gasteiger partial charge on any atom is -0.398 e. The number of hydrogen-bond donors (Lipinski definition) is 1. The SMILES string of the molecule is Nc1cccc2c(=O)n3n(c(=O)c12)C1=C(C(=O)CCC1)C3c1ccccc1Br. The highest BCUT2D eigenvalue weighted by Crippen LogP contribution is 2.42. The van der Waals surface area contributed by atoms with E-state index in [2.05, 4.69) is 15.9 Å². The molecule has 7 heteroatoms. The maximum atomic E-state index is 13.5. The Bertz CT molecular complexity index is 1330. The number of aromatic nitrogens is 2. The van der Waals surface area contributed by atoms with E-state index in [0.717, 1.165) is 10.0 Å². The van der Waals surface area contributed by atoms with Crippen LogP contribution in [0, 0.1) is 0 Å². The summed E-state index contributed by atoms with van der Waals surface area (Å²) in [6.45, 7) is 0. The van der Waals surface area contributed by atoms with Crippen molar-refractivity contribution in [3.63, 3.8) is 0 Å². The fraction of sp³-hybridized carbons (Fsp3) is 0.190. The van der Waals surface area contributed by atoms with Crippen molar-refractivity contribution < 1.29 is 4.79 Å². The molecule has 140 valence electrons. The largest absolute Gasteiger partial charge is 0.398 e. The van der Waals surface area contributed by atoms with Gasteiger partial charge in [0.25, 0.3) is 11.1 Å². The molecule has 0 saturated heterocycles. The van der Waals surface area contributed by atoms with Crippen molar-refractivity contribution in [1.82, 2.24) is 9.36 Å². The van der Waals surface area contributed by atoms with Crippen LogP contribution >= 0.6 is 15.9 Å². The highest BCUT2D eigenvalue weighted by Gasteiger charge is 2.40. The lowest BCUT2D eigenvalue weighted by molar-refractivity contribution is -0.116. The van der Waals surface area contributed by atoms with E-state index in [9.17, 15) is 14.4 Å². The smallest absolute Gasteiger partial charge is 0.279 e. The minimum absolute atomic E-state index is 0.0194. The van der Waals surface area contributed by atoms with Crippen molar-refractivity contribution >= 4 is 43.9 Å². The number of rotatable bonds is 1. The molecule has 6 nitrogen and oxygen atoms in total. The van der Waals surface area contributed by atoms with Gasteiger partial charge in [-0.3, -0.25) is 14.4 Å². The monoisotopic (exact) mass is 437 g/mol. The number of ketones is 1. The zero-order valence-electron chi connectivity index (χ0n) is 14.8. The molecule has 0 fully saturated rings. The average Bonchev–Trinajstić information content (AvgIpc) is 3.03. The van der Waals surface area contributed by atoms with Gasteiger partial charge in [0.2, 0.25) is 0 Å². The molecule has 1 atom stereocenters. The topological polar surface area (TPSA) is 87.1 Å². The van der Waals surface area contributed by atoms with Crippen LogP contribution in [0.1, 0.15) is 30.9 Å². The van der Waals surface area contributed by atoms with Crippen LogP contribution in [-0.4, -0.2) is 15.1 Å². The summed E-state index contributed by atoms with van der Waals surface area (Å²) >= 11 is 3.54. The lowest BCUT2D eigenvalue weighted by atomic mass is 9.88. The maximum absolute atomic E-state index is 13.5. The standard InChI is InChI=1S/C21H16BrN3O3/c22-13-7-2-1-5-11(13)19-18-15(9-4-10-16(18)26)24-21(28)17-12(20(27)25(19)24)6-3-8-14(17)23/h1-3,5-8,19H,4,9-10,23H2. The molecule has 3 aromatic rings. The summed E-state index contributed by atoms with van der Waals surface area (Å²) in [7, 11) is 0. The molecule has 2 aromatic carbocycles. The van der Waals surface area contributed by atoms with E-state index in [0.29, 0.717) is 30.5 Å². The fourth-order valence-electron chi connectivity index (χ4n) is 4.37. The van der Waals surface area contributed by atoms with E-state index < -0.39 is 6.04 Å². The third-order valence-corrected chi connectivity index (χ3v) is 6.28. The molecule has 0 bridgehead atoms. The van der Waals surface area contributed by atoms with E-state index in [-0.39, 0.29) is 33.4 Å². The number of nitrogens with zero attached hydrogens (tertiary/aromatic N) is 2. The maximum Gasteiger partial charge on any atom is 0.279 e. The van der Waals surface area contributed by atoms with Crippen LogP contribution in [0.2, 0.25) is 0 Å². The first kappa shape index (κ1) is 17.2. The number of nitrogens with two attached hydrogens (primary N) is 1. The Kier molecular flexibility index (Phi) is 3.71. The summed E-state index contributed by atoms with van der Waals surface area (Å²) in [5, 5.41) is 0.479. The van der Waals surface area contributed by atoms with Crippen LogP contribution in [0.4, 0.5) is 5.69 Å². The quantitative estimate of drug-likeness (QED) is 0.592. The molecule has 0 spiro atoms. The van der Waals surface area contributed by atoms with Crippen molar-refractivity contribution in [1.29, 1.82) is 0 Å². The van der Waals surface area contributed by atoms with Gasteiger partial charge in [-0.25, -0.2) is 9.36 Å². The number of fused-ring (bicyclic) bond motifs is 3. The van der Waals surface area contributed by atoms with Gasteiger partial charge >= 0.3 is 0 Å². The van der Waals surface area contributed by atoms with Gasteiger partial charge in [-0.15, -0.1) is 0 Å². The Hall–Kier alpha value is -2.93. The molecule has 0 amide bonds. The minimum atomic E-state index is -0.635. The van der Waals surface area contributed by atoms with Crippen LogP contribution in [-0.2, 0) is 4.79 Å². The van der Waals surface area contributed by atoms with Crippen molar-refractivity contribution in [2.75, 3.05) is 5.73 Å². The Morgan fingerprint density at radius 3 is 2.54 bits per heavy atom. The highest BCUT2D eigenvalue weighted by molar-refractivity contribution is 9.10. The number of carbonyl (C=O) groups excluding carboxylic acids is 1. The Labute approximate surface area is 168 Å². The van der Waals surface area contributed by atoms with Crippen molar-refractivity contribution in [3.8, 4) is 0 Å². The molecule has 1 unspecified atom stereocenters.